The summed E-state index contributed by atoms with van der Waals surface area (Å²) in [5.74, 6) is 0. The summed E-state index contributed by atoms with van der Waals surface area (Å²) < 4.78 is 5.88. The molecule has 1 nitrogen and oxygen atoms in total. The van der Waals surface area contributed by atoms with Gasteiger partial charge in [0.2, 0.25) is 0 Å². The first-order valence-corrected chi connectivity index (χ1v) is 6.73. The largest absolute Gasteiger partial charge is 0.379 e. The minimum Gasteiger partial charge on any atom is -0.379 e. The molecular weight excluding hydrogens is 224 g/mol. The molecule has 1 aliphatic heterocycles. The maximum absolute atomic E-state index is 5.97. The molecule has 0 amide bonds. The van der Waals surface area contributed by atoms with E-state index in [4.69, 9.17) is 16.3 Å². The molecule has 15 heavy (non-hydrogen) atoms. The Morgan fingerprint density at radius 1 is 1.40 bits per heavy atom. The Morgan fingerprint density at radius 2 is 2.27 bits per heavy atom. The minimum absolute atomic E-state index is 0.0446. The van der Waals surface area contributed by atoms with Crippen molar-refractivity contribution < 1.29 is 4.74 Å². The fraction of sp³-hybridized carbons (Fsp3) is 0.500. The Labute approximate surface area is 98.6 Å². The average molecular weight is 239 g/mol. The summed E-state index contributed by atoms with van der Waals surface area (Å²) in [4.78, 5) is 0. The Morgan fingerprint density at radius 3 is 2.93 bits per heavy atom. The van der Waals surface area contributed by atoms with E-state index in [-0.39, 0.29) is 5.22 Å². The normalized spacial score (nSPS) is 26.5. The quantitative estimate of drug-likeness (QED) is 0.720. The van der Waals surface area contributed by atoms with Gasteiger partial charge in [-0.3, -0.25) is 0 Å². The van der Waals surface area contributed by atoms with Crippen LogP contribution in [0, 0.1) is 0 Å². The molecule has 1 heterocycles. The summed E-state index contributed by atoms with van der Waals surface area (Å²) in [6.45, 7) is 3.12. The second-order valence-electron chi connectivity index (χ2n) is 4.17. The molecule has 0 N–H and O–H groups in total. The molecule has 1 saturated heterocycles. The van der Waals surface area contributed by atoms with Gasteiger partial charge in [0.1, 0.15) is 9.52 Å². The Kier molecular flexibility index (Phi) is 3.49. The van der Waals surface area contributed by atoms with Crippen molar-refractivity contribution in [1.82, 2.24) is 0 Å². The molecule has 2 radical (unpaired) electrons. The molecule has 1 fully saturated rings. The van der Waals surface area contributed by atoms with Crippen molar-refractivity contribution in [3.05, 3.63) is 29.3 Å². The summed E-state index contributed by atoms with van der Waals surface area (Å²) in [6, 6.07) is 8.10. The van der Waals surface area contributed by atoms with Crippen LogP contribution in [-0.4, -0.2) is 21.4 Å². The standard InChI is InChI=1S/C12H15ClOSi/c1-12(7-2-3-8-14-12)15-11-6-4-5-10(13)9-11/h4-6,9H,2-3,7-8H2,1H3. The average Bonchev–Trinajstić information content (AvgIpc) is 2.18. The summed E-state index contributed by atoms with van der Waals surface area (Å²) in [5, 5.41) is 2.16. The molecule has 0 aromatic heterocycles. The predicted molar refractivity (Wildman–Crippen MR) is 65.0 cm³/mol. The summed E-state index contributed by atoms with van der Waals surface area (Å²) in [6.07, 6.45) is 3.65. The molecule has 80 valence electrons. The van der Waals surface area contributed by atoms with E-state index in [1.165, 1.54) is 18.0 Å². The van der Waals surface area contributed by atoms with Crippen molar-refractivity contribution in [3.63, 3.8) is 0 Å². The lowest BCUT2D eigenvalue weighted by Gasteiger charge is -2.33. The van der Waals surface area contributed by atoms with Crippen molar-refractivity contribution in [3.8, 4) is 0 Å². The van der Waals surface area contributed by atoms with Gasteiger partial charge in [-0.05, 0) is 38.3 Å². The molecule has 1 aromatic carbocycles. The number of benzene rings is 1. The number of halogens is 1. The lowest BCUT2D eigenvalue weighted by molar-refractivity contribution is -0.00611. The monoisotopic (exact) mass is 238 g/mol. The Hall–Kier alpha value is -0.313. The van der Waals surface area contributed by atoms with Gasteiger partial charge in [-0.2, -0.15) is 0 Å². The molecule has 1 aromatic rings. The topological polar surface area (TPSA) is 9.23 Å². The van der Waals surface area contributed by atoms with E-state index in [0.29, 0.717) is 9.52 Å². The van der Waals surface area contributed by atoms with Crippen molar-refractivity contribution >= 4 is 26.3 Å². The number of rotatable bonds is 2. The van der Waals surface area contributed by atoms with Gasteiger partial charge in [-0.1, -0.05) is 28.9 Å². The molecule has 1 unspecified atom stereocenters. The van der Waals surface area contributed by atoms with Gasteiger partial charge in [0, 0.05) is 11.6 Å². The first-order valence-electron chi connectivity index (χ1n) is 5.36. The Balaban J connectivity index is 2.06. The maximum Gasteiger partial charge on any atom is 0.123 e. The van der Waals surface area contributed by atoms with Crippen LogP contribution in [0.1, 0.15) is 26.2 Å². The fourth-order valence-electron chi connectivity index (χ4n) is 1.90. The van der Waals surface area contributed by atoms with Gasteiger partial charge in [0.05, 0.1) is 5.22 Å². The number of hydrogen-bond donors (Lipinski definition) is 0. The van der Waals surface area contributed by atoms with Crippen LogP contribution in [0.15, 0.2) is 24.3 Å². The fourth-order valence-corrected chi connectivity index (χ4v) is 3.68. The van der Waals surface area contributed by atoms with E-state index in [1.54, 1.807) is 0 Å². The van der Waals surface area contributed by atoms with Gasteiger partial charge in [-0.15, -0.1) is 0 Å². The molecule has 0 bridgehead atoms. The zero-order valence-corrected chi connectivity index (χ0v) is 10.7. The van der Waals surface area contributed by atoms with Crippen LogP contribution in [0.4, 0.5) is 0 Å². The lowest BCUT2D eigenvalue weighted by Crippen LogP contribution is -2.44. The number of hydrogen-bond acceptors (Lipinski definition) is 1. The third-order valence-corrected chi connectivity index (χ3v) is 4.46. The van der Waals surface area contributed by atoms with Crippen molar-refractivity contribution in [1.29, 1.82) is 0 Å². The minimum atomic E-state index is 0.0446. The zero-order chi connectivity index (χ0) is 10.7. The second kappa shape index (κ2) is 4.68. The maximum atomic E-state index is 5.97. The highest BCUT2D eigenvalue weighted by Crippen LogP contribution is 2.23. The molecule has 3 heteroatoms. The van der Waals surface area contributed by atoms with Gasteiger partial charge in [0.15, 0.2) is 0 Å². The lowest BCUT2D eigenvalue weighted by atomic mass is 10.1. The van der Waals surface area contributed by atoms with E-state index in [1.807, 2.05) is 18.2 Å². The first-order chi connectivity index (χ1) is 7.18. The molecule has 2 rings (SSSR count). The highest BCUT2D eigenvalue weighted by atomic mass is 35.5. The van der Waals surface area contributed by atoms with E-state index in [9.17, 15) is 0 Å². The molecule has 0 spiro atoms. The highest BCUT2D eigenvalue weighted by Gasteiger charge is 2.28. The van der Waals surface area contributed by atoms with Gasteiger partial charge < -0.3 is 4.74 Å². The summed E-state index contributed by atoms with van der Waals surface area (Å²) >= 11 is 5.97. The zero-order valence-electron chi connectivity index (χ0n) is 8.92. The van der Waals surface area contributed by atoms with Crippen molar-refractivity contribution in [2.24, 2.45) is 0 Å². The van der Waals surface area contributed by atoms with E-state index < -0.39 is 0 Å². The van der Waals surface area contributed by atoms with Crippen LogP contribution in [0.3, 0.4) is 0 Å². The molecule has 0 aliphatic carbocycles. The Bertz CT molecular complexity index is 334. The van der Waals surface area contributed by atoms with Gasteiger partial charge >= 0.3 is 0 Å². The molecular formula is C12H15ClOSi. The van der Waals surface area contributed by atoms with E-state index in [2.05, 4.69) is 13.0 Å². The van der Waals surface area contributed by atoms with Crippen LogP contribution in [0.5, 0.6) is 0 Å². The molecule has 1 atom stereocenters. The summed E-state index contributed by atoms with van der Waals surface area (Å²) in [5.41, 5.74) is 0. The van der Waals surface area contributed by atoms with Gasteiger partial charge in [0.25, 0.3) is 0 Å². The SMILES string of the molecule is CC1([Si]c2cccc(Cl)c2)CCCCO1. The van der Waals surface area contributed by atoms with Crippen LogP contribution < -0.4 is 5.19 Å². The smallest absolute Gasteiger partial charge is 0.123 e. The third-order valence-electron chi connectivity index (χ3n) is 2.70. The van der Waals surface area contributed by atoms with Gasteiger partial charge in [-0.25, -0.2) is 0 Å². The van der Waals surface area contributed by atoms with Crippen molar-refractivity contribution in [2.45, 2.75) is 31.4 Å². The van der Waals surface area contributed by atoms with Crippen LogP contribution in [0.25, 0.3) is 0 Å². The predicted octanol–water partition coefficient (Wildman–Crippen LogP) is 2.59. The van der Waals surface area contributed by atoms with Crippen LogP contribution in [-0.2, 0) is 4.74 Å². The van der Waals surface area contributed by atoms with Crippen LogP contribution >= 0.6 is 11.6 Å². The molecule has 0 saturated carbocycles. The van der Waals surface area contributed by atoms with Crippen molar-refractivity contribution in [2.75, 3.05) is 6.61 Å². The highest BCUT2D eigenvalue weighted by molar-refractivity contribution is 6.56. The van der Waals surface area contributed by atoms with E-state index >= 15 is 0 Å². The van der Waals surface area contributed by atoms with E-state index in [0.717, 1.165) is 18.1 Å². The third kappa shape index (κ3) is 3.07. The molecule has 1 aliphatic rings. The first kappa shape index (κ1) is 11.2. The van der Waals surface area contributed by atoms with Crippen LogP contribution in [0.2, 0.25) is 5.02 Å². The summed E-state index contributed by atoms with van der Waals surface area (Å²) in [7, 11) is 0.696. The second-order valence-corrected chi connectivity index (χ2v) is 6.49. The number of ether oxygens (including phenoxy) is 1.